The number of methoxy groups -OCH3 is 3. The minimum Gasteiger partial charge on any atom is -0.497 e. The van der Waals surface area contributed by atoms with Crippen LogP contribution in [0.2, 0.25) is 0 Å². The molecule has 0 aliphatic carbocycles. The van der Waals surface area contributed by atoms with Crippen molar-refractivity contribution in [3.05, 3.63) is 256 Å². The zero-order valence-corrected chi connectivity index (χ0v) is 53.7. The van der Waals surface area contributed by atoms with E-state index in [1.54, 1.807) is 21.3 Å². The highest BCUT2D eigenvalue weighted by Crippen LogP contribution is 2.41. The highest BCUT2D eigenvalue weighted by atomic mass is 16.5. The summed E-state index contributed by atoms with van der Waals surface area (Å²) in [6.07, 6.45) is 0. The molecule has 9 aromatic rings. The Hall–Kier alpha value is -9.22. The Bertz CT molecular complexity index is 3280. The lowest BCUT2D eigenvalue weighted by atomic mass is 9.71. The molecule has 0 radical (unpaired) electrons. The lowest BCUT2D eigenvalue weighted by Crippen LogP contribution is -2.25. The van der Waals surface area contributed by atoms with Gasteiger partial charge in [-0.2, -0.15) is 0 Å². The van der Waals surface area contributed by atoms with Crippen molar-refractivity contribution < 1.29 is 52.1 Å². The number of aryl methyl sites for hydroxylation is 2. The number of hydrogen-bond acceptors (Lipinski definition) is 11. The molecule has 88 heavy (non-hydrogen) atoms. The average Bonchev–Trinajstić information content (AvgIpc) is 0.936. The Kier molecular flexibility index (Phi) is 24.9. The maximum atomic E-state index is 6.30. The fourth-order valence-corrected chi connectivity index (χ4v) is 9.98. The molecule has 0 amide bonds. The summed E-state index contributed by atoms with van der Waals surface area (Å²) in [6, 6.07) is 67.4. The van der Waals surface area contributed by atoms with Crippen LogP contribution < -0.4 is 52.1 Å². The van der Waals surface area contributed by atoms with Crippen LogP contribution >= 0.6 is 0 Å². The van der Waals surface area contributed by atoms with E-state index in [1.807, 2.05) is 150 Å². The quantitative estimate of drug-likeness (QED) is 0.0460. The van der Waals surface area contributed by atoms with Gasteiger partial charge in [0.25, 0.3) is 0 Å². The molecule has 0 bridgehead atoms. The summed E-state index contributed by atoms with van der Waals surface area (Å²) in [5, 5.41) is 0. The van der Waals surface area contributed by atoms with E-state index in [0.717, 1.165) is 96.6 Å². The van der Waals surface area contributed by atoms with Crippen LogP contribution in [0, 0.1) is 13.8 Å². The van der Waals surface area contributed by atoms with Gasteiger partial charge in [0.2, 0.25) is 0 Å². The van der Waals surface area contributed by atoms with Crippen LogP contribution in [0.25, 0.3) is 0 Å². The third-order valence-corrected chi connectivity index (χ3v) is 15.0. The van der Waals surface area contributed by atoms with E-state index in [4.69, 9.17) is 52.1 Å². The summed E-state index contributed by atoms with van der Waals surface area (Å²) < 4.78 is 63.6. The fourth-order valence-electron chi connectivity index (χ4n) is 9.98. The molecule has 0 atom stereocenters. The number of rotatable bonds is 27. The van der Waals surface area contributed by atoms with Crippen LogP contribution in [0.15, 0.2) is 200 Å². The first-order chi connectivity index (χ1) is 42.6. The minimum atomic E-state index is -0.550. The van der Waals surface area contributed by atoms with Gasteiger partial charge in [0.1, 0.15) is 83.1 Å². The lowest BCUT2D eigenvalue weighted by Gasteiger charge is -2.32. The molecule has 462 valence electrons. The molecule has 0 spiro atoms. The van der Waals surface area contributed by atoms with E-state index in [0.29, 0.717) is 52.9 Å². The molecule has 9 aromatic carbocycles. The summed E-state index contributed by atoms with van der Waals surface area (Å²) in [7, 11) is 5.02. The summed E-state index contributed by atoms with van der Waals surface area (Å²) in [4.78, 5) is 0. The average molecular weight is 1190 g/mol. The molecule has 0 fully saturated rings. The second-order valence-corrected chi connectivity index (χ2v) is 21.6. The molecule has 11 heteroatoms. The zero-order chi connectivity index (χ0) is 62.9. The number of ether oxygens (including phenoxy) is 11. The van der Waals surface area contributed by atoms with Gasteiger partial charge in [0, 0.05) is 29.0 Å². The number of hydrogen-bond donors (Lipinski definition) is 0. The van der Waals surface area contributed by atoms with E-state index in [-0.39, 0.29) is 5.41 Å². The molecule has 0 aliphatic heterocycles. The third kappa shape index (κ3) is 18.9. The molecular formula is C77H88O11. The van der Waals surface area contributed by atoms with Gasteiger partial charge >= 0.3 is 0 Å². The van der Waals surface area contributed by atoms with Crippen LogP contribution in [-0.2, 0) is 30.7 Å². The Morgan fingerprint density at radius 1 is 0.250 bits per heavy atom. The first-order valence-electron chi connectivity index (χ1n) is 30.3. The maximum Gasteiger partial charge on any atom is 0.123 e. The smallest absolute Gasteiger partial charge is 0.123 e. The molecular weight excluding hydrogens is 1100 g/mol. The predicted octanol–water partition coefficient (Wildman–Crippen LogP) is 18.1. The first-order valence-corrected chi connectivity index (χ1v) is 30.3. The van der Waals surface area contributed by atoms with Gasteiger partial charge in [-0.05, 0) is 197 Å². The molecule has 0 saturated carbocycles. The van der Waals surface area contributed by atoms with Crippen molar-refractivity contribution >= 4 is 0 Å². The lowest BCUT2D eigenvalue weighted by molar-refractivity contribution is 0.297. The molecule has 9 rings (SSSR count). The van der Waals surface area contributed by atoms with Crippen molar-refractivity contribution in [2.24, 2.45) is 0 Å². The zero-order valence-electron chi connectivity index (χ0n) is 53.7. The van der Waals surface area contributed by atoms with Crippen LogP contribution in [-0.4, -0.2) is 54.4 Å². The molecule has 0 saturated heterocycles. The van der Waals surface area contributed by atoms with E-state index < -0.39 is 5.41 Å². The molecule has 0 heterocycles. The minimum absolute atomic E-state index is 0.0431. The molecule has 11 nitrogen and oxygen atoms in total. The largest absolute Gasteiger partial charge is 0.497 e. The van der Waals surface area contributed by atoms with E-state index in [2.05, 4.69) is 120 Å². The van der Waals surface area contributed by atoms with Gasteiger partial charge in [-0.15, -0.1) is 0 Å². The molecule has 0 aromatic heterocycles. The summed E-state index contributed by atoms with van der Waals surface area (Å²) in [5.41, 5.74) is 10.7. The standard InChI is InChI=1S/C52H58O9.C17H20O2.C8H10/c1-8-54-47-26-37(25-46(31-47)53-7)34-59-43-19-13-40(14-20-43)52(6,41-15-21-44(22-16-41)60-35-38-27-48(55-9-2)32-49(28-38)56-10-3)42-17-23-45(24-18-42)61-36-39-29-50(57-11-4)33-51(30-39)58-12-5;1-17(2,13-5-9-15(18-3)10-6-13)14-7-11-16(19-4)12-8-14;1-7-3-5-8(2)6-4-7/h13-33H,8-12,34-36H2,1-7H3;5-12H,1-4H3;3-6H,1-2H3. The maximum absolute atomic E-state index is 6.30. The van der Waals surface area contributed by atoms with Gasteiger partial charge in [-0.25, -0.2) is 0 Å². The molecule has 0 unspecified atom stereocenters. The fraction of sp³-hybridized carbons (Fsp3) is 0.299. The van der Waals surface area contributed by atoms with Crippen LogP contribution in [0.3, 0.4) is 0 Å². The molecule has 0 aliphatic rings. The summed E-state index contributed by atoms with van der Waals surface area (Å²) in [5.74, 6) is 8.53. The second kappa shape index (κ2) is 33.1. The van der Waals surface area contributed by atoms with Crippen molar-refractivity contribution in [1.29, 1.82) is 0 Å². The predicted molar refractivity (Wildman–Crippen MR) is 354 cm³/mol. The third-order valence-electron chi connectivity index (χ3n) is 15.0. The Morgan fingerprint density at radius 2 is 0.477 bits per heavy atom. The second-order valence-electron chi connectivity index (χ2n) is 21.6. The first kappa shape index (κ1) is 66.3. The van der Waals surface area contributed by atoms with Crippen LogP contribution in [0.5, 0.6) is 63.2 Å². The van der Waals surface area contributed by atoms with Gasteiger partial charge in [0.05, 0.1) is 54.4 Å². The van der Waals surface area contributed by atoms with Crippen molar-refractivity contribution in [2.75, 3.05) is 54.4 Å². The highest BCUT2D eigenvalue weighted by molar-refractivity contribution is 5.53. The summed E-state index contributed by atoms with van der Waals surface area (Å²) in [6.45, 7) is 24.6. The van der Waals surface area contributed by atoms with Gasteiger partial charge in [-0.3, -0.25) is 0 Å². The van der Waals surface area contributed by atoms with Crippen molar-refractivity contribution in [2.45, 2.75) is 99.9 Å². The topological polar surface area (TPSA) is 102 Å². The van der Waals surface area contributed by atoms with Gasteiger partial charge in [0.15, 0.2) is 0 Å². The van der Waals surface area contributed by atoms with Crippen LogP contribution in [0.1, 0.15) is 111 Å². The Morgan fingerprint density at radius 3 is 0.727 bits per heavy atom. The van der Waals surface area contributed by atoms with Gasteiger partial charge in [-0.1, -0.05) is 110 Å². The number of benzene rings is 9. The normalized spacial score (nSPS) is 10.9. The van der Waals surface area contributed by atoms with Crippen LogP contribution in [0.4, 0.5) is 0 Å². The highest BCUT2D eigenvalue weighted by Gasteiger charge is 2.32. The molecule has 0 N–H and O–H groups in total. The van der Waals surface area contributed by atoms with Crippen molar-refractivity contribution in [3.8, 4) is 63.2 Å². The monoisotopic (exact) mass is 1190 g/mol. The SMILES string of the molecule is CCOc1cc(COc2ccc(C(C)(c3ccc(OCc4cc(OCC)cc(OCC)c4)cc3)c3ccc(OCc4cc(OCC)cc(OCC)c4)cc3)cc2)cc(OC)c1.COc1ccc(C(C)(C)c2ccc(OC)cc2)cc1.Cc1ccc(C)cc1. The summed E-state index contributed by atoms with van der Waals surface area (Å²) >= 11 is 0. The van der Waals surface area contributed by atoms with Crippen molar-refractivity contribution in [3.63, 3.8) is 0 Å². The van der Waals surface area contributed by atoms with E-state index >= 15 is 0 Å². The van der Waals surface area contributed by atoms with E-state index in [9.17, 15) is 0 Å². The van der Waals surface area contributed by atoms with E-state index in [1.165, 1.54) is 22.3 Å². The van der Waals surface area contributed by atoms with Crippen molar-refractivity contribution in [1.82, 2.24) is 0 Å². The van der Waals surface area contributed by atoms with Gasteiger partial charge < -0.3 is 52.1 Å². The Labute approximate surface area is 523 Å². The Balaban J connectivity index is 0.000000333.